The molecule has 0 atom stereocenters. The third kappa shape index (κ3) is 4.60. The average Bonchev–Trinajstić information content (AvgIpc) is 3.13. The van der Waals surface area contributed by atoms with Crippen LogP contribution in [-0.2, 0) is 6.54 Å². The molecule has 7 heteroatoms. The number of urea groups is 1. The summed E-state index contributed by atoms with van der Waals surface area (Å²) < 4.78 is 7.29. The summed E-state index contributed by atoms with van der Waals surface area (Å²) in [6, 6.07) is 12.8. The molecule has 1 aromatic carbocycles. The zero-order valence-electron chi connectivity index (χ0n) is 14.6. The lowest BCUT2D eigenvalue weighted by atomic mass is 10.2. The van der Waals surface area contributed by atoms with Crippen molar-refractivity contribution in [1.82, 2.24) is 20.1 Å². The van der Waals surface area contributed by atoms with E-state index in [9.17, 15) is 4.79 Å². The Labute approximate surface area is 152 Å². The van der Waals surface area contributed by atoms with Crippen molar-refractivity contribution in [2.24, 2.45) is 0 Å². The molecule has 0 unspecified atom stereocenters. The molecule has 0 aliphatic heterocycles. The first-order chi connectivity index (χ1) is 12.8. The minimum Gasteiger partial charge on any atom is -0.492 e. The van der Waals surface area contributed by atoms with Gasteiger partial charge in [-0.25, -0.2) is 4.79 Å². The van der Waals surface area contributed by atoms with Crippen molar-refractivity contribution < 1.29 is 9.53 Å². The predicted molar refractivity (Wildman–Crippen MR) is 100 cm³/mol. The number of anilines is 1. The number of pyridine rings is 1. The van der Waals surface area contributed by atoms with Crippen LogP contribution in [0.15, 0.2) is 61.1 Å². The first-order valence-corrected chi connectivity index (χ1v) is 8.47. The molecular weight excluding hydrogens is 330 g/mol. The molecule has 2 heterocycles. The molecule has 0 spiro atoms. The van der Waals surface area contributed by atoms with Gasteiger partial charge >= 0.3 is 6.03 Å². The Kier molecular flexibility index (Phi) is 5.82. The highest BCUT2D eigenvalue weighted by Crippen LogP contribution is 2.23. The molecule has 0 aliphatic carbocycles. The van der Waals surface area contributed by atoms with Crippen LogP contribution in [0.3, 0.4) is 0 Å². The van der Waals surface area contributed by atoms with Gasteiger partial charge in [0.25, 0.3) is 0 Å². The Balaban J connectivity index is 1.49. The van der Waals surface area contributed by atoms with Crippen LogP contribution in [0.5, 0.6) is 5.75 Å². The fourth-order valence-electron chi connectivity index (χ4n) is 2.46. The van der Waals surface area contributed by atoms with Gasteiger partial charge in [-0.2, -0.15) is 5.10 Å². The van der Waals surface area contributed by atoms with Crippen molar-refractivity contribution in [3.05, 3.63) is 61.1 Å². The summed E-state index contributed by atoms with van der Waals surface area (Å²) in [5, 5.41) is 10.1. The SMILES string of the molecule is CCOc1ccccc1NC(=O)NCCn1ccc(-c2ccncc2)n1. The molecule has 0 bridgehead atoms. The highest BCUT2D eigenvalue weighted by Gasteiger charge is 2.07. The van der Waals surface area contributed by atoms with Crippen LogP contribution in [0, 0.1) is 0 Å². The van der Waals surface area contributed by atoms with E-state index < -0.39 is 0 Å². The second kappa shape index (κ2) is 8.66. The van der Waals surface area contributed by atoms with Gasteiger partial charge in [0.2, 0.25) is 0 Å². The van der Waals surface area contributed by atoms with Crippen LogP contribution >= 0.6 is 0 Å². The number of benzene rings is 1. The van der Waals surface area contributed by atoms with E-state index in [1.54, 1.807) is 23.1 Å². The van der Waals surface area contributed by atoms with Gasteiger partial charge < -0.3 is 15.4 Å². The third-order valence-corrected chi connectivity index (χ3v) is 3.68. The van der Waals surface area contributed by atoms with Crippen LogP contribution in [0.2, 0.25) is 0 Å². The maximum atomic E-state index is 12.1. The summed E-state index contributed by atoms with van der Waals surface area (Å²) in [5.41, 5.74) is 2.53. The molecule has 0 fully saturated rings. The van der Waals surface area contributed by atoms with E-state index in [-0.39, 0.29) is 6.03 Å². The van der Waals surface area contributed by atoms with Crippen LogP contribution < -0.4 is 15.4 Å². The average molecular weight is 351 g/mol. The number of ether oxygens (including phenoxy) is 1. The smallest absolute Gasteiger partial charge is 0.319 e. The predicted octanol–water partition coefficient (Wildman–Crippen LogP) is 3.17. The molecule has 2 aromatic heterocycles. The topological polar surface area (TPSA) is 81.1 Å². The molecule has 0 aliphatic rings. The van der Waals surface area contributed by atoms with Crippen molar-refractivity contribution in [3.8, 4) is 17.0 Å². The van der Waals surface area contributed by atoms with Gasteiger partial charge in [-0.3, -0.25) is 9.67 Å². The second-order valence-electron chi connectivity index (χ2n) is 5.51. The van der Waals surface area contributed by atoms with Gasteiger partial charge in [0.05, 0.1) is 24.5 Å². The minimum atomic E-state index is -0.279. The van der Waals surface area contributed by atoms with Gasteiger partial charge in [-0.05, 0) is 37.3 Å². The van der Waals surface area contributed by atoms with E-state index in [1.165, 1.54) is 0 Å². The van der Waals surface area contributed by atoms with Crippen LogP contribution in [-0.4, -0.2) is 33.9 Å². The molecular formula is C19H21N5O2. The standard InChI is InChI=1S/C19H21N5O2/c1-2-26-18-6-4-3-5-17(18)22-19(25)21-12-14-24-13-9-16(23-24)15-7-10-20-11-8-15/h3-11,13H,2,12,14H2,1H3,(H2,21,22,25). The zero-order valence-corrected chi connectivity index (χ0v) is 14.6. The normalized spacial score (nSPS) is 10.3. The minimum absolute atomic E-state index is 0.279. The third-order valence-electron chi connectivity index (χ3n) is 3.68. The van der Waals surface area contributed by atoms with Crippen LogP contribution in [0.1, 0.15) is 6.92 Å². The molecule has 3 aromatic rings. The summed E-state index contributed by atoms with van der Waals surface area (Å²) in [6.07, 6.45) is 5.36. The molecule has 134 valence electrons. The van der Waals surface area contributed by atoms with E-state index in [0.29, 0.717) is 31.1 Å². The van der Waals surface area contributed by atoms with Crippen LogP contribution in [0.4, 0.5) is 10.5 Å². The summed E-state index contributed by atoms with van der Waals surface area (Å²) in [7, 11) is 0. The fourth-order valence-corrected chi connectivity index (χ4v) is 2.46. The number of nitrogens with zero attached hydrogens (tertiary/aromatic N) is 3. The highest BCUT2D eigenvalue weighted by molar-refractivity contribution is 5.90. The van der Waals surface area contributed by atoms with Gasteiger partial charge in [0.15, 0.2) is 0 Å². The molecule has 2 amide bonds. The second-order valence-corrected chi connectivity index (χ2v) is 5.51. The monoisotopic (exact) mass is 351 g/mol. The summed E-state index contributed by atoms with van der Waals surface area (Å²) in [4.78, 5) is 16.1. The molecule has 3 rings (SSSR count). The lowest BCUT2D eigenvalue weighted by Gasteiger charge is -2.12. The van der Waals surface area contributed by atoms with Crippen molar-refractivity contribution in [3.63, 3.8) is 0 Å². The molecule has 0 saturated heterocycles. The van der Waals surface area contributed by atoms with Crippen molar-refractivity contribution in [2.75, 3.05) is 18.5 Å². The number of para-hydroxylation sites is 2. The number of hydrogen-bond acceptors (Lipinski definition) is 4. The summed E-state index contributed by atoms with van der Waals surface area (Å²) in [6.45, 7) is 3.48. The van der Waals surface area contributed by atoms with Gasteiger partial charge in [0, 0.05) is 30.7 Å². The lowest BCUT2D eigenvalue weighted by Crippen LogP contribution is -2.31. The molecule has 0 saturated carbocycles. The Morgan fingerprint density at radius 2 is 1.96 bits per heavy atom. The zero-order chi connectivity index (χ0) is 18.2. The maximum absolute atomic E-state index is 12.1. The van der Waals surface area contributed by atoms with Gasteiger partial charge in [0.1, 0.15) is 5.75 Å². The van der Waals surface area contributed by atoms with E-state index in [4.69, 9.17) is 4.74 Å². The Morgan fingerprint density at radius 1 is 1.15 bits per heavy atom. The first-order valence-electron chi connectivity index (χ1n) is 8.47. The van der Waals surface area contributed by atoms with E-state index >= 15 is 0 Å². The molecule has 7 nitrogen and oxygen atoms in total. The maximum Gasteiger partial charge on any atom is 0.319 e. The van der Waals surface area contributed by atoms with Gasteiger partial charge in [-0.1, -0.05) is 12.1 Å². The number of carbonyl (C=O) groups is 1. The lowest BCUT2D eigenvalue weighted by molar-refractivity contribution is 0.251. The number of amides is 2. The largest absolute Gasteiger partial charge is 0.492 e. The van der Waals surface area contributed by atoms with E-state index in [2.05, 4.69) is 20.7 Å². The number of hydrogen-bond donors (Lipinski definition) is 2. The van der Waals surface area contributed by atoms with E-state index in [1.807, 2.05) is 49.5 Å². The van der Waals surface area contributed by atoms with Crippen LogP contribution in [0.25, 0.3) is 11.3 Å². The number of carbonyl (C=O) groups excluding carboxylic acids is 1. The Bertz CT molecular complexity index is 848. The van der Waals surface area contributed by atoms with Gasteiger partial charge in [-0.15, -0.1) is 0 Å². The molecule has 0 radical (unpaired) electrons. The number of nitrogens with one attached hydrogen (secondary N) is 2. The summed E-state index contributed by atoms with van der Waals surface area (Å²) in [5.74, 6) is 0.652. The van der Waals surface area contributed by atoms with Crippen molar-refractivity contribution >= 4 is 11.7 Å². The number of aromatic nitrogens is 3. The fraction of sp³-hybridized carbons (Fsp3) is 0.211. The highest BCUT2D eigenvalue weighted by atomic mass is 16.5. The molecule has 26 heavy (non-hydrogen) atoms. The first kappa shape index (κ1) is 17.5. The van der Waals surface area contributed by atoms with E-state index in [0.717, 1.165) is 11.3 Å². The van der Waals surface area contributed by atoms with Crippen molar-refractivity contribution in [2.45, 2.75) is 13.5 Å². The quantitative estimate of drug-likeness (QED) is 0.685. The molecule has 2 N–H and O–H groups in total. The number of rotatable bonds is 7. The van der Waals surface area contributed by atoms with Crippen molar-refractivity contribution in [1.29, 1.82) is 0 Å². The summed E-state index contributed by atoms with van der Waals surface area (Å²) >= 11 is 0. The Morgan fingerprint density at radius 3 is 2.77 bits per heavy atom. The Hall–Kier alpha value is -3.35.